The first-order chi connectivity index (χ1) is 12.6. The largest absolute Gasteiger partial charge is 0.326 e. The van der Waals surface area contributed by atoms with Gasteiger partial charge in [-0.15, -0.1) is 0 Å². The van der Waals surface area contributed by atoms with Crippen LogP contribution in [0.25, 0.3) is 0 Å². The number of carbonyl (C=O) groups excluding carboxylic acids is 2. The van der Waals surface area contributed by atoms with Crippen molar-refractivity contribution < 1.29 is 9.59 Å². The van der Waals surface area contributed by atoms with E-state index in [1.807, 2.05) is 31.2 Å². The maximum atomic E-state index is 12.2. The van der Waals surface area contributed by atoms with Gasteiger partial charge in [-0.25, -0.2) is 0 Å². The average molecular weight is 345 g/mol. The summed E-state index contributed by atoms with van der Waals surface area (Å²) in [6.45, 7) is 2.00. The lowest BCUT2D eigenvalue weighted by molar-refractivity contribution is -0.115. The number of benzene rings is 2. The third-order valence-corrected chi connectivity index (χ3v) is 3.80. The van der Waals surface area contributed by atoms with Gasteiger partial charge in [0.25, 0.3) is 5.91 Å². The van der Waals surface area contributed by atoms with Gasteiger partial charge in [-0.3, -0.25) is 14.6 Å². The Morgan fingerprint density at radius 2 is 1.65 bits per heavy atom. The maximum absolute atomic E-state index is 12.2. The monoisotopic (exact) mass is 345 g/mol. The van der Waals surface area contributed by atoms with Crippen molar-refractivity contribution in [3.63, 3.8) is 0 Å². The van der Waals surface area contributed by atoms with E-state index in [0.29, 0.717) is 23.4 Å². The fraction of sp³-hybridized carbons (Fsp3) is 0.0952. The van der Waals surface area contributed by atoms with Crippen LogP contribution in [0.5, 0.6) is 0 Å². The summed E-state index contributed by atoms with van der Waals surface area (Å²) in [7, 11) is 0. The van der Waals surface area contributed by atoms with E-state index in [0.717, 1.165) is 11.1 Å². The molecule has 1 aromatic heterocycles. The molecule has 3 rings (SSSR count). The Hall–Kier alpha value is -3.47. The first-order valence-corrected chi connectivity index (χ1v) is 8.27. The third kappa shape index (κ3) is 4.77. The highest BCUT2D eigenvalue weighted by atomic mass is 16.2. The lowest BCUT2D eigenvalue weighted by Crippen LogP contribution is -2.15. The van der Waals surface area contributed by atoms with Crippen LogP contribution in [0.3, 0.4) is 0 Å². The van der Waals surface area contributed by atoms with Gasteiger partial charge < -0.3 is 10.6 Å². The number of hydrogen-bond donors (Lipinski definition) is 2. The van der Waals surface area contributed by atoms with E-state index < -0.39 is 0 Å². The van der Waals surface area contributed by atoms with E-state index >= 15 is 0 Å². The molecular weight excluding hydrogens is 326 g/mol. The molecule has 0 spiro atoms. The fourth-order valence-corrected chi connectivity index (χ4v) is 2.55. The highest BCUT2D eigenvalue weighted by Crippen LogP contribution is 2.15. The molecule has 0 aliphatic rings. The van der Waals surface area contributed by atoms with Gasteiger partial charge in [0.15, 0.2) is 0 Å². The molecule has 3 aromatic rings. The number of nitrogens with one attached hydrogen (secondary N) is 2. The number of anilines is 2. The van der Waals surface area contributed by atoms with Crippen molar-refractivity contribution in [3.05, 3.63) is 89.7 Å². The van der Waals surface area contributed by atoms with Crippen LogP contribution >= 0.6 is 0 Å². The van der Waals surface area contributed by atoms with Crippen molar-refractivity contribution in [2.45, 2.75) is 13.3 Å². The second-order valence-electron chi connectivity index (χ2n) is 5.99. The van der Waals surface area contributed by atoms with Gasteiger partial charge in [0, 0.05) is 23.8 Å². The molecule has 0 saturated heterocycles. The standard InChI is InChI=1S/C21H19N3O2/c1-15-4-2-5-16(12-15)13-20(25)23-18-7-9-19(10-8-18)24-21(26)17-6-3-11-22-14-17/h2-12,14H,13H2,1H3,(H,23,25)(H,24,26). The summed E-state index contributed by atoms with van der Waals surface area (Å²) >= 11 is 0. The van der Waals surface area contributed by atoms with Crippen LogP contribution in [0.4, 0.5) is 11.4 Å². The first-order valence-electron chi connectivity index (χ1n) is 8.27. The zero-order valence-corrected chi connectivity index (χ0v) is 14.4. The summed E-state index contributed by atoms with van der Waals surface area (Å²) in [5.74, 6) is -0.308. The van der Waals surface area contributed by atoms with E-state index in [2.05, 4.69) is 15.6 Å². The number of carbonyl (C=O) groups is 2. The molecule has 0 aliphatic carbocycles. The molecular formula is C21H19N3O2. The molecule has 5 heteroatoms. The van der Waals surface area contributed by atoms with Crippen molar-refractivity contribution in [1.82, 2.24) is 4.98 Å². The summed E-state index contributed by atoms with van der Waals surface area (Å²) in [4.78, 5) is 28.2. The number of aromatic nitrogens is 1. The van der Waals surface area contributed by atoms with Crippen LogP contribution in [-0.4, -0.2) is 16.8 Å². The lowest BCUT2D eigenvalue weighted by Gasteiger charge is -2.08. The van der Waals surface area contributed by atoms with Gasteiger partial charge in [-0.2, -0.15) is 0 Å². The molecule has 0 saturated carbocycles. The van der Waals surface area contributed by atoms with Crippen molar-refractivity contribution >= 4 is 23.2 Å². The van der Waals surface area contributed by atoms with Gasteiger partial charge in [-0.1, -0.05) is 29.8 Å². The Morgan fingerprint density at radius 1 is 0.923 bits per heavy atom. The fourth-order valence-electron chi connectivity index (χ4n) is 2.55. The number of rotatable bonds is 5. The van der Waals surface area contributed by atoms with E-state index in [4.69, 9.17) is 0 Å². The lowest BCUT2D eigenvalue weighted by atomic mass is 10.1. The highest BCUT2D eigenvalue weighted by molar-refractivity contribution is 6.04. The number of aryl methyl sites for hydroxylation is 1. The summed E-state index contributed by atoms with van der Waals surface area (Å²) in [6, 6.07) is 18.3. The summed E-state index contributed by atoms with van der Waals surface area (Å²) < 4.78 is 0. The minimum absolute atomic E-state index is 0.0808. The minimum atomic E-state index is -0.227. The van der Waals surface area contributed by atoms with E-state index in [1.165, 1.54) is 6.20 Å². The normalized spacial score (nSPS) is 10.2. The van der Waals surface area contributed by atoms with E-state index in [9.17, 15) is 9.59 Å². The second kappa shape index (κ2) is 8.07. The smallest absolute Gasteiger partial charge is 0.257 e. The second-order valence-corrected chi connectivity index (χ2v) is 5.99. The summed E-state index contributed by atoms with van der Waals surface area (Å²) in [5, 5.41) is 5.65. The number of nitrogens with zero attached hydrogens (tertiary/aromatic N) is 1. The van der Waals surface area contributed by atoms with Crippen LogP contribution in [0.15, 0.2) is 73.1 Å². The van der Waals surface area contributed by atoms with Crippen molar-refractivity contribution in [2.75, 3.05) is 10.6 Å². The highest BCUT2D eigenvalue weighted by Gasteiger charge is 2.07. The molecule has 2 aromatic carbocycles. The molecule has 2 N–H and O–H groups in total. The van der Waals surface area contributed by atoms with Crippen molar-refractivity contribution in [1.29, 1.82) is 0 Å². The SMILES string of the molecule is Cc1cccc(CC(=O)Nc2ccc(NC(=O)c3cccnc3)cc2)c1. The Balaban J connectivity index is 1.57. The molecule has 2 amide bonds. The van der Waals surface area contributed by atoms with Crippen LogP contribution in [-0.2, 0) is 11.2 Å². The summed E-state index contributed by atoms with van der Waals surface area (Å²) in [5.41, 5.74) is 3.92. The topological polar surface area (TPSA) is 71.1 Å². The molecule has 0 atom stereocenters. The summed E-state index contributed by atoms with van der Waals surface area (Å²) in [6.07, 6.45) is 3.45. The molecule has 0 radical (unpaired) electrons. The Labute approximate surface area is 152 Å². The quantitative estimate of drug-likeness (QED) is 0.738. The van der Waals surface area contributed by atoms with Gasteiger partial charge in [-0.05, 0) is 48.9 Å². The third-order valence-electron chi connectivity index (χ3n) is 3.80. The molecule has 130 valence electrons. The van der Waals surface area contributed by atoms with E-state index in [1.54, 1.807) is 42.6 Å². The molecule has 0 unspecified atom stereocenters. The predicted octanol–water partition coefficient (Wildman–Crippen LogP) is 3.82. The zero-order valence-electron chi connectivity index (χ0n) is 14.4. The van der Waals surface area contributed by atoms with Gasteiger partial charge in [0.1, 0.15) is 0 Å². The number of amides is 2. The van der Waals surface area contributed by atoms with Crippen molar-refractivity contribution in [2.24, 2.45) is 0 Å². The molecule has 0 fully saturated rings. The van der Waals surface area contributed by atoms with Crippen LogP contribution < -0.4 is 10.6 Å². The van der Waals surface area contributed by atoms with Crippen molar-refractivity contribution in [3.8, 4) is 0 Å². The zero-order chi connectivity index (χ0) is 18.4. The van der Waals surface area contributed by atoms with Crippen LogP contribution in [0.1, 0.15) is 21.5 Å². The van der Waals surface area contributed by atoms with Crippen LogP contribution in [0.2, 0.25) is 0 Å². The van der Waals surface area contributed by atoms with Gasteiger partial charge in [0.2, 0.25) is 5.91 Å². The first kappa shape index (κ1) is 17.4. The molecule has 0 aliphatic heterocycles. The molecule has 26 heavy (non-hydrogen) atoms. The Morgan fingerprint density at radius 3 is 2.31 bits per heavy atom. The van der Waals surface area contributed by atoms with Crippen LogP contribution in [0, 0.1) is 6.92 Å². The van der Waals surface area contributed by atoms with E-state index in [-0.39, 0.29) is 11.8 Å². The number of pyridine rings is 1. The minimum Gasteiger partial charge on any atom is -0.326 e. The number of hydrogen-bond acceptors (Lipinski definition) is 3. The molecule has 0 bridgehead atoms. The predicted molar refractivity (Wildman–Crippen MR) is 102 cm³/mol. The average Bonchev–Trinajstić information content (AvgIpc) is 2.64. The Kier molecular flexibility index (Phi) is 5.39. The Bertz CT molecular complexity index is 906. The molecule has 5 nitrogen and oxygen atoms in total. The van der Waals surface area contributed by atoms with Gasteiger partial charge >= 0.3 is 0 Å². The molecule has 1 heterocycles. The van der Waals surface area contributed by atoms with Gasteiger partial charge in [0.05, 0.1) is 12.0 Å². The maximum Gasteiger partial charge on any atom is 0.257 e.